The highest BCUT2D eigenvalue weighted by molar-refractivity contribution is 9.10. The van der Waals surface area contributed by atoms with E-state index < -0.39 is 5.97 Å². The largest absolute Gasteiger partial charge is 0.481 e. The zero-order valence-corrected chi connectivity index (χ0v) is 15.0. The normalized spacial score (nSPS) is 10.7. The van der Waals surface area contributed by atoms with Crippen molar-refractivity contribution in [2.24, 2.45) is 0 Å². The van der Waals surface area contributed by atoms with E-state index in [4.69, 9.17) is 16.7 Å². The Morgan fingerprint density at radius 1 is 1.17 bits per heavy atom. The molecule has 2 aromatic carbocycles. The van der Waals surface area contributed by atoms with Crippen LogP contribution in [0.15, 0.2) is 53.0 Å². The topological polar surface area (TPSA) is 50.2 Å². The molecule has 23 heavy (non-hydrogen) atoms. The summed E-state index contributed by atoms with van der Waals surface area (Å²) in [6, 6.07) is 15.2. The number of carboxylic acids is 1. The number of carboxylic acid groups (broad SMARTS) is 1. The number of thiazole rings is 1. The number of hydrogen-bond acceptors (Lipinski definition) is 3. The van der Waals surface area contributed by atoms with Crippen LogP contribution in [-0.2, 0) is 11.2 Å². The molecule has 0 bridgehead atoms. The van der Waals surface area contributed by atoms with Gasteiger partial charge in [0.1, 0.15) is 5.01 Å². The zero-order valence-electron chi connectivity index (χ0n) is 11.8. The summed E-state index contributed by atoms with van der Waals surface area (Å²) in [4.78, 5) is 16.5. The van der Waals surface area contributed by atoms with Crippen LogP contribution in [-0.4, -0.2) is 16.1 Å². The third-order valence-electron chi connectivity index (χ3n) is 3.17. The van der Waals surface area contributed by atoms with Gasteiger partial charge in [-0.05, 0) is 29.8 Å². The standard InChI is InChI=1S/C17H11BrClNO2S/c18-12-5-1-4-11(7-12)17-20-14(9-15(21)22)16(23-17)10-3-2-6-13(19)8-10/h1-8H,9H2,(H,21,22). The number of aliphatic carboxylic acids is 1. The summed E-state index contributed by atoms with van der Waals surface area (Å²) in [5.74, 6) is -0.903. The van der Waals surface area contributed by atoms with E-state index in [1.54, 1.807) is 6.07 Å². The molecular weight excluding hydrogens is 398 g/mol. The van der Waals surface area contributed by atoms with Gasteiger partial charge >= 0.3 is 5.97 Å². The lowest BCUT2D eigenvalue weighted by molar-refractivity contribution is -0.136. The summed E-state index contributed by atoms with van der Waals surface area (Å²) in [5, 5.41) is 10.5. The highest BCUT2D eigenvalue weighted by atomic mass is 79.9. The summed E-state index contributed by atoms with van der Waals surface area (Å²) in [7, 11) is 0. The lowest BCUT2D eigenvalue weighted by Gasteiger charge is -2.00. The number of benzene rings is 2. The average Bonchev–Trinajstić information content (AvgIpc) is 2.90. The summed E-state index contributed by atoms with van der Waals surface area (Å²) in [6.45, 7) is 0. The quantitative estimate of drug-likeness (QED) is 0.618. The van der Waals surface area contributed by atoms with Gasteiger partial charge in [-0.25, -0.2) is 4.98 Å². The van der Waals surface area contributed by atoms with Gasteiger partial charge in [0, 0.05) is 15.1 Å². The van der Waals surface area contributed by atoms with Gasteiger partial charge in [-0.1, -0.05) is 51.8 Å². The average molecular weight is 409 g/mol. The minimum absolute atomic E-state index is 0.119. The molecule has 1 heterocycles. The Labute approximate surface area is 150 Å². The van der Waals surface area contributed by atoms with E-state index in [2.05, 4.69) is 20.9 Å². The van der Waals surface area contributed by atoms with Crippen LogP contribution in [0.2, 0.25) is 5.02 Å². The molecule has 0 saturated carbocycles. The van der Waals surface area contributed by atoms with E-state index >= 15 is 0 Å². The van der Waals surface area contributed by atoms with Crippen molar-refractivity contribution >= 4 is 44.8 Å². The molecule has 0 aliphatic rings. The van der Waals surface area contributed by atoms with Crippen LogP contribution in [0.5, 0.6) is 0 Å². The fourth-order valence-electron chi connectivity index (χ4n) is 2.22. The molecular formula is C17H11BrClNO2S. The first kappa shape index (κ1) is 16.2. The Hall–Kier alpha value is -1.69. The molecule has 0 spiro atoms. The Kier molecular flexibility index (Phi) is 4.80. The second-order valence-electron chi connectivity index (χ2n) is 4.89. The molecule has 116 valence electrons. The number of carbonyl (C=O) groups is 1. The van der Waals surface area contributed by atoms with Crippen LogP contribution in [0.25, 0.3) is 21.0 Å². The third-order valence-corrected chi connectivity index (χ3v) is 5.10. The maximum absolute atomic E-state index is 11.2. The molecule has 3 aromatic rings. The molecule has 3 rings (SSSR count). The number of rotatable bonds is 4. The van der Waals surface area contributed by atoms with Gasteiger partial charge in [0.05, 0.1) is 17.0 Å². The van der Waals surface area contributed by atoms with E-state index in [0.29, 0.717) is 10.7 Å². The Bertz CT molecular complexity index is 879. The lowest BCUT2D eigenvalue weighted by Crippen LogP contribution is -2.01. The minimum atomic E-state index is -0.903. The van der Waals surface area contributed by atoms with Crippen LogP contribution < -0.4 is 0 Å². The maximum Gasteiger partial charge on any atom is 0.309 e. The van der Waals surface area contributed by atoms with Crippen molar-refractivity contribution in [2.45, 2.75) is 6.42 Å². The summed E-state index contributed by atoms with van der Waals surface area (Å²) in [6.07, 6.45) is -0.119. The SMILES string of the molecule is O=C(O)Cc1nc(-c2cccc(Br)c2)sc1-c1cccc(Cl)c1. The third kappa shape index (κ3) is 3.80. The Morgan fingerprint density at radius 3 is 2.61 bits per heavy atom. The van der Waals surface area contributed by atoms with E-state index in [1.807, 2.05) is 42.5 Å². The minimum Gasteiger partial charge on any atom is -0.481 e. The maximum atomic E-state index is 11.2. The van der Waals surface area contributed by atoms with Gasteiger partial charge in [-0.3, -0.25) is 4.79 Å². The predicted molar refractivity (Wildman–Crippen MR) is 97.0 cm³/mol. The van der Waals surface area contributed by atoms with Crippen molar-refractivity contribution in [1.29, 1.82) is 0 Å². The van der Waals surface area contributed by atoms with Crippen molar-refractivity contribution in [3.63, 3.8) is 0 Å². The Balaban J connectivity index is 2.12. The van der Waals surface area contributed by atoms with Crippen molar-refractivity contribution in [3.05, 3.63) is 63.7 Å². The summed E-state index contributed by atoms with van der Waals surface area (Å²) < 4.78 is 0.953. The summed E-state index contributed by atoms with van der Waals surface area (Å²) in [5.41, 5.74) is 2.39. The number of nitrogens with zero attached hydrogens (tertiary/aromatic N) is 1. The van der Waals surface area contributed by atoms with E-state index in [-0.39, 0.29) is 6.42 Å². The second kappa shape index (κ2) is 6.83. The van der Waals surface area contributed by atoms with Crippen molar-refractivity contribution < 1.29 is 9.90 Å². The molecule has 6 heteroatoms. The van der Waals surface area contributed by atoms with Crippen molar-refractivity contribution in [1.82, 2.24) is 4.98 Å². The molecule has 1 N–H and O–H groups in total. The van der Waals surface area contributed by atoms with Crippen LogP contribution in [0, 0.1) is 0 Å². The monoisotopic (exact) mass is 407 g/mol. The fourth-order valence-corrected chi connectivity index (χ4v) is 3.88. The van der Waals surface area contributed by atoms with Crippen molar-refractivity contribution in [2.75, 3.05) is 0 Å². The second-order valence-corrected chi connectivity index (χ2v) is 7.24. The molecule has 3 nitrogen and oxygen atoms in total. The van der Waals surface area contributed by atoms with Gasteiger partial charge in [0.2, 0.25) is 0 Å². The van der Waals surface area contributed by atoms with E-state index in [9.17, 15) is 4.79 Å². The number of halogens is 2. The molecule has 0 aliphatic carbocycles. The van der Waals surface area contributed by atoms with Crippen LogP contribution in [0.1, 0.15) is 5.69 Å². The van der Waals surface area contributed by atoms with Gasteiger partial charge in [0.25, 0.3) is 0 Å². The van der Waals surface area contributed by atoms with Gasteiger partial charge in [-0.15, -0.1) is 11.3 Å². The highest BCUT2D eigenvalue weighted by Gasteiger charge is 2.17. The van der Waals surface area contributed by atoms with Gasteiger partial charge < -0.3 is 5.11 Å². The van der Waals surface area contributed by atoms with Gasteiger partial charge in [0.15, 0.2) is 0 Å². The smallest absolute Gasteiger partial charge is 0.309 e. The highest BCUT2D eigenvalue weighted by Crippen LogP contribution is 2.37. The molecule has 0 radical (unpaired) electrons. The molecule has 0 saturated heterocycles. The van der Waals surface area contributed by atoms with Crippen molar-refractivity contribution in [3.8, 4) is 21.0 Å². The van der Waals surface area contributed by atoms with Gasteiger partial charge in [-0.2, -0.15) is 0 Å². The first-order chi connectivity index (χ1) is 11.0. The zero-order chi connectivity index (χ0) is 16.4. The van der Waals surface area contributed by atoms with Crippen LogP contribution in [0.4, 0.5) is 0 Å². The van der Waals surface area contributed by atoms with E-state index in [0.717, 1.165) is 25.5 Å². The summed E-state index contributed by atoms with van der Waals surface area (Å²) >= 11 is 11.0. The fraction of sp³-hybridized carbons (Fsp3) is 0.0588. The Morgan fingerprint density at radius 2 is 1.91 bits per heavy atom. The number of aromatic nitrogens is 1. The van der Waals surface area contributed by atoms with Crippen LogP contribution >= 0.6 is 38.9 Å². The number of hydrogen-bond donors (Lipinski definition) is 1. The molecule has 0 aliphatic heterocycles. The molecule has 0 atom stereocenters. The molecule has 1 aromatic heterocycles. The molecule has 0 fully saturated rings. The molecule has 0 unspecified atom stereocenters. The first-order valence-corrected chi connectivity index (χ1v) is 8.75. The first-order valence-electron chi connectivity index (χ1n) is 6.76. The van der Waals surface area contributed by atoms with Crippen LogP contribution in [0.3, 0.4) is 0 Å². The van der Waals surface area contributed by atoms with E-state index in [1.165, 1.54) is 11.3 Å². The lowest BCUT2D eigenvalue weighted by atomic mass is 10.1. The molecule has 0 amide bonds. The predicted octanol–water partition coefficient (Wildman–Crippen LogP) is 5.52.